The zero-order valence-electron chi connectivity index (χ0n) is 8.82. The molecule has 4 heteroatoms. The van der Waals surface area contributed by atoms with E-state index in [1.807, 2.05) is 5.92 Å². The van der Waals surface area contributed by atoms with Gasteiger partial charge < -0.3 is 10.1 Å². The maximum absolute atomic E-state index is 11.3. The molecular weight excluding hydrogens is 206 g/mol. The van der Waals surface area contributed by atoms with Crippen molar-refractivity contribution in [3.05, 3.63) is 29.8 Å². The third-order valence-electron chi connectivity index (χ3n) is 1.78. The minimum Gasteiger partial charge on any atom is -0.462 e. The highest BCUT2D eigenvalue weighted by atomic mass is 16.5. The number of amides is 1. The molecule has 0 bridgehead atoms. The lowest BCUT2D eigenvalue weighted by Crippen LogP contribution is -2.09. The zero-order valence-corrected chi connectivity index (χ0v) is 8.82. The molecule has 82 valence electrons. The van der Waals surface area contributed by atoms with Gasteiger partial charge in [-0.25, -0.2) is 4.79 Å². The maximum Gasteiger partial charge on any atom is 0.338 e. The Labute approximate surface area is 93.6 Å². The summed E-state index contributed by atoms with van der Waals surface area (Å²) in [6.07, 6.45) is 4.90. The monoisotopic (exact) mass is 217 g/mol. The molecule has 1 rings (SSSR count). The minimum atomic E-state index is -0.524. The Bertz CT molecular complexity index is 429. The minimum absolute atomic E-state index is 0.328. The Morgan fingerprint density at radius 2 is 2.00 bits per heavy atom. The Hall–Kier alpha value is -2.28. The fourth-order valence-electron chi connectivity index (χ4n) is 1.07. The second-order valence-electron chi connectivity index (χ2n) is 2.90. The first-order valence-electron chi connectivity index (χ1n) is 4.72. The lowest BCUT2D eigenvalue weighted by molar-refractivity contribution is -0.111. The average molecular weight is 217 g/mol. The summed E-state index contributed by atoms with van der Waals surface area (Å²) in [5.41, 5.74) is 0.969. The van der Waals surface area contributed by atoms with Crippen LogP contribution in [0.4, 0.5) is 5.69 Å². The number of hydrogen-bond acceptors (Lipinski definition) is 3. The van der Waals surface area contributed by atoms with Crippen molar-refractivity contribution in [3.8, 4) is 12.3 Å². The first kappa shape index (κ1) is 11.8. The Kier molecular flexibility index (Phi) is 4.10. The summed E-state index contributed by atoms with van der Waals surface area (Å²) in [7, 11) is 0. The molecule has 0 atom stereocenters. The smallest absolute Gasteiger partial charge is 0.338 e. The normalized spacial score (nSPS) is 9.00. The van der Waals surface area contributed by atoms with Crippen LogP contribution in [0.1, 0.15) is 17.3 Å². The molecule has 1 N–H and O–H groups in total. The Morgan fingerprint density at radius 1 is 1.38 bits per heavy atom. The number of nitrogens with one attached hydrogen (secondary N) is 1. The van der Waals surface area contributed by atoms with Gasteiger partial charge in [0, 0.05) is 5.69 Å². The molecule has 0 saturated carbocycles. The Balaban J connectivity index is 2.72. The standard InChI is InChI=1S/C12H11NO3/c1-3-11(14)13-10-7-5-9(6-8-10)12(15)16-4-2/h1,5-8H,4H2,2H3,(H,13,14). The quantitative estimate of drug-likeness (QED) is 0.615. The fourth-order valence-corrected chi connectivity index (χ4v) is 1.07. The van der Waals surface area contributed by atoms with E-state index >= 15 is 0 Å². The third kappa shape index (κ3) is 3.14. The second-order valence-corrected chi connectivity index (χ2v) is 2.90. The summed E-state index contributed by atoms with van der Waals surface area (Å²) in [6.45, 7) is 2.06. The summed E-state index contributed by atoms with van der Waals surface area (Å²) >= 11 is 0. The van der Waals surface area contributed by atoms with E-state index in [2.05, 4.69) is 5.32 Å². The highest BCUT2D eigenvalue weighted by Gasteiger charge is 2.05. The van der Waals surface area contributed by atoms with Crippen LogP contribution in [0.25, 0.3) is 0 Å². The van der Waals surface area contributed by atoms with Gasteiger partial charge in [0.05, 0.1) is 12.2 Å². The molecule has 0 aliphatic rings. The zero-order chi connectivity index (χ0) is 12.0. The fraction of sp³-hybridized carbons (Fsp3) is 0.167. The molecule has 1 aromatic rings. The van der Waals surface area contributed by atoms with E-state index in [0.29, 0.717) is 17.9 Å². The molecule has 0 aromatic heterocycles. The summed E-state index contributed by atoms with van der Waals surface area (Å²) in [5.74, 6) is 1.01. The van der Waals surface area contributed by atoms with Crippen molar-refractivity contribution in [2.24, 2.45) is 0 Å². The lowest BCUT2D eigenvalue weighted by atomic mass is 10.2. The van der Waals surface area contributed by atoms with Gasteiger partial charge in [-0.15, -0.1) is 6.42 Å². The van der Waals surface area contributed by atoms with Crippen LogP contribution in [0.5, 0.6) is 0 Å². The van der Waals surface area contributed by atoms with Gasteiger partial charge in [0.2, 0.25) is 0 Å². The molecule has 0 radical (unpaired) electrons. The average Bonchev–Trinajstić information content (AvgIpc) is 2.30. The molecule has 1 amide bonds. The number of esters is 1. The van der Waals surface area contributed by atoms with E-state index in [0.717, 1.165) is 0 Å². The van der Waals surface area contributed by atoms with Gasteiger partial charge in [0.1, 0.15) is 0 Å². The number of terminal acetylenes is 1. The lowest BCUT2D eigenvalue weighted by Gasteiger charge is -2.03. The van der Waals surface area contributed by atoms with Crippen molar-refractivity contribution in [2.75, 3.05) is 11.9 Å². The van der Waals surface area contributed by atoms with Crippen LogP contribution < -0.4 is 5.32 Å². The topological polar surface area (TPSA) is 55.4 Å². The number of carbonyl (C=O) groups is 2. The number of benzene rings is 1. The first-order valence-corrected chi connectivity index (χ1v) is 4.72. The van der Waals surface area contributed by atoms with E-state index in [1.54, 1.807) is 31.2 Å². The van der Waals surface area contributed by atoms with Crippen LogP contribution >= 0.6 is 0 Å². The largest absolute Gasteiger partial charge is 0.462 e. The van der Waals surface area contributed by atoms with Crippen molar-refractivity contribution in [1.82, 2.24) is 0 Å². The number of anilines is 1. The molecule has 4 nitrogen and oxygen atoms in total. The van der Waals surface area contributed by atoms with Gasteiger partial charge in [-0.3, -0.25) is 4.79 Å². The summed E-state index contributed by atoms with van der Waals surface area (Å²) in [4.78, 5) is 22.2. The van der Waals surface area contributed by atoms with Crippen LogP contribution in [0.15, 0.2) is 24.3 Å². The van der Waals surface area contributed by atoms with Crippen LogP contribution in [-0.2, 0) is 9.53 Å². The molecule has 0 heterocycles. The molecule has 0 saturated heterocycles. The number of hydrogen-bond donors (Lipinski definition) is 1. The summed E-state index contributed by atoms with van der Waals surface area (Å²) in [6, 6.07) is 6.29. The van der Waals surface area contributed by atoms with Gasteiger partial charge in [0.25, 0.3) is 5.91 Å². The van der Waals surface area contributed by atoms with E-state index in [1.165, 1.54) is 0 Å². The number of ether oxygens (including phenoxy) is 1. The summed E-state index contributed by atoms with van der Waals surface area (Å²) in [5, 5.41) is 2.46. The van der Waals surface area contributed by atoms with E-state index in [9.17, 15) is 9.59 Å². The van der Waals surface area contributed by atoms with Gasteiger partial charge in [-0.1, -0.05) is 0 Å². The van der Waals surface area contributed by atoms with Crippen molar-refractivity contribution in [3.63, 3.8) is 0 Å². The molecule has 0 spiro atoms. The van der Waals surface area contributed by atoms with Gasteiger partial charge in [-0.2, -0.15) is 0 Å². The summed E-state index contributed by atoms with van der Waals surface area (Å²) < 4.78 is 4.81. The number of carbonyl (C=O) groups excluding carboxylic acids is 2. The molecule has 16 heavy (non-hydrogen) atoms. The van der Waals surface area contributed by atoms with Crippen molar-refractivity contribution >= 4 is 17.6 Å². The van der Waals surface area contributed by atoms with Crippen LogP contribution in [0.3, 0.4) is 0 Å². The van der Waals surface area contributed by atoms with Gasteiger partial charge in [-0.05, 0) is 37.1 Å². The van der Waals surface area contributed by atoms with Crippen LogP contribution in [-0.4, -0.2) is 18.5 Å². The highest BCUT2D eigenvalue weighted by molar-refractivity contribution is 6.03. The van der Waals surface area contributed by atoms with Crippen LogP contribution in [0.2, 0.25) is 0 Å². The highest BCUT2D eigenvalue weighted by Crippen LogP contribution is 2.10. The molecular formula is C12H11NO3. The van der Waals surface area contributed by atoms with Crippen molar-refractivity contribution < 1.29 is 14.3 Å². The Morgan fingerprint density at radius 3 is 2.50 bits per heavy atom. The first-order chi connectivity index (χ1) is 7.67. The van der Waals surface area contributed by atoms with Crippen molar-refractivity contribution in [1.29, 1.82) is 0 Å². The van der Waals surface area contributed by atoms with Crippen molar-refractivity contribution in [2.45, 2.75) is 6.92 Å². The maximum atomic E-state index is 11.3. The second kappa shape index (κ2) is 5.56. The van der Waals surface area contributed by atoms with E-state index in [4.69, 9.17) is 11.2 Å². The number of rotatable bonds is 3. The molecule has 0 aliphatic carbocycles. The van der Waals surface area contributed by atoms with Crippen LogP contribution in [0, 0.1) is 12.3 Å². The van der Waals surface area contributed by atoms with Gasteiger partial charge in [0.15, 0.2) is 0 Å². The third-order valence-corrected chi connectivity index (χ3v) is 1.78. The SMILES string of the molecule is C#CC(=O)Nc1ccc(C(=O)OCC)cc1. The predicted molar refractivity (Wildman–Crippen MR) is 59.9 cm³/mol. The van der Waals surface area contributed by atoms with E-state index < -0.39 is 11.9 Å². The molecule has 0 fully saturated rings. The van der Waals surface area contributed by atoms with E-state index in [-0.39, 0.29) is 0 Å². The predicted octanol–water partition coefficient (Wildman–Crippen LogP) is 1.43. The molecule has 0 aliphatic heterocycles. The van der Waals surface area contributed by atoms with Gasteiger partial charge >= 0.3 is 5.97 Å². The molecule has 0 unspecified atom stereocenters. The molecule has 1 aromatic carbocycles.